The molecule has 0 aliphatic rings. The lowest BCUT2D eigenvalue weighted by Gasteiger charge is -2.24. The van der Waals surface area contributed by atoms with Gasteiger partial charge in [-0.2, -0.15) is 0 Å². The van der Waals surface area contributed by atoms with Crippen molar-refractivity contribution in [3.8, 4) is 0 Å². The van der Waals surface area contributed by atoms with E-state index in [1.165, 1.54) is 4.31 Å². The summed E-state index contributed by atoms with van der Waals surface area (Å²) in [5.74, 6) is 0. The third kappa shape index (κ3) is 3.03. The summed E-state index contributed by atoms with van der Waals surface area (Å²) in [6.07, 6.45) is 0.640. The second-order valence-electron chi connectivity index (χ2n) is 4.73. The summed E-state index contributed by atoms with van der Waals surface area (Å²) >= 11 is 0. The standard InChI is InChI=1S/C16H20N2O2S/c1-3-13-10-11-14(17)12-16(13)21(19,20)18(4-2)15-8-6-5-7-9-15/h5-12H,3-4,17H2,1-2H3. The number of nitrogens with zero attached hydrogens (tertiary/aromatic N) is 1. The number of para-hydroxylation sites is 1. The molecule has 0 radical (unpaired) electrons. The average Bonchev–Trinajstić information content (AvgIpc) is 2.49. The highest BCUT2D eigenvalue weighted by Gasteiger charge is 2.25. The molecule has 0 heterocycles. The number of hydrogen-bond donors (Lipinski definition) is 1. The molecule has 0 unspecified atom stereocenters. The zero-order valence-electron chi connectivity index (χ0n) is 12.3. The minimum absolute atomic E-state index is 0.288. The second-order valence-corrected chi connectivity index (χ2v) is 6.56. The lowest BCUT2D eigenvalue weighted by molar-refractivity contribution is 0.591. The summed E-state index contributed by atoms with van der Waals surface area (Å²) in [6.45, 7) is 4.12. The van der Waals surface area contributed by atoms with Crippen molar-refractivity contribution in [3.05, 3.63) is 54.1 Å². The maximum absolute atomic E-state index is 13.0. The zero-order chi connectivity index (χ0) is 15.5. The van der Waals surface area contributed by atoms with E-state index in [1.807, 2.05) is 32.0 Å². The van der Waals surface area contributed by atoms with Crippen LogP contribution in [0.5, 0.6) is 0 Å². The van der Waals surface area contributed by atoms with E-state index < -0.39 is 10.0 Å². The van der Waals surface area contributed by atoms with Crippen LogP contribution in [0, 0.1) is 0 Å². The Labute approximate surface area is 126 Å². The normalized spacial score (nSPS) is 11.3. The zero-order valence-corrected chi connectivity index (χ0v) is 13.1. The van der Waals surface area contributed by atoms with Crippen LogP contribution in [0.4, 0.5) is 11.4 Å². The molecule has 2 aromatic rings. The van der Waals surface area contributed by atoms with Crippen LogP contribution in [0.2, 0.25) is 0 Å². The quantitative estimate of drug-likeness (QED) is 0.864. The highest BCUT2D eigenvalue weighted by Crippen LogP contribution is 2.27. The van der Waals surface area contributed by atoms with Crippen LogP contribution in [0.25, 0.3) is 0 Å². The molecular formula is C16H20N2O2S. The Morgan fingerprint density at radius 2 is 1.71 bits per heavy atom. The Hall–Kier alpha value is -2.01. The Kier molecular flexibility index (Phi) is 4.53. The van der Waals surface area contributed by atoms with Gasteiger partial charge in [0.25, 0.3) is 10.0 Å². The van der Waals surface area contributed by atoms with Crippen LogP contribution in [-0.4, -0.2) is 15.0 Å². The van der Waals surface area contributed by atoms with Gasteiger partial charge in [0.05, 0.1) is 10.6 Å². The van der Waals surface area contributed by atoms with Gasteiger partial charge in [0.1, 0.15) is 0 Å². The summed E-state index contributed by atoms with van der Waals surface area (Å²) in [5, 5.41) is 0. The molecule has 0 saturated heterocycles. The molecule has 5 heteroatoms. The molecule has 4 nitrogen and oxygen atoms in total. The van der Waals surface area contributed by atoms with Crippen molar-refractivity contribution in [1.82, 2.24) is 0 Å². The fourth-order valence-electron chi connectivity index (χ4n) is 2.31. The Balaban J connectivity index is 2.58. The second kappa shape index (κ2) is 6.18. The molecule has 2 aromatic carbocycles. The van der Waals surface area contributed by atoms with Gasteiger partial charge in [0.15, 0.2) is 0 Å². The van der Waals surface area contributed by atoms with E-state index in [-0.39, 0.29) is 4.90 Å². The van der Waals surface area contributed by atoms with E-state index in [0.717, 1.165) is 5.56 Å². The van der Waals surface area contributed by atoms with Gasteiger partial charge < -0.3 is 5.73 Å². The van der Waals surface area contributed by atoms with E-state index in [0.29, 0.717) is 24.3 Å². The van der Waals surface area contributed by atoms with Crippen molar-refractivity contribution in [2.24, 2.45) is 0 Å². The number of nitrogen functional groups attached to an aromatic ring is 1. The number of rotatable bonds is 5. The van der Waals surface area contributed by atoms with Crippen LogP contribution in [-0.2, 0) is 16.4 Å². The van der Waals surface area contributed by atoms with E-state index in [9.17, 15) is 8.42 Å². The van der Waals surface area contributed by atoms with Gasteiger partial charge in [-0.05, 0) is 43.2 Å². The van der Waals surface area contributed by atoms with E-state index in [2.05, 4.69) is 0 Å². The van der Waals surface area contributed by atoms with Crippen molar-refractivity contribution in [3.63, 3.8) is 0 Å². The smallest absolute Gasteiger partial charge is 0.264 e. The van der Waals surface area contributed by atoms with Gasteiger partial charge in [-0.3, -0.25) is 4.31 Å². The number of benzene rings is 2. The van der Waals surface area contributed by atoms with Gasteiger partial charge >= 0.3 is 0 Å². The average molecular weight is 304 g/mol. The topological polar surface area (TPSA) is 63.4 Å². The van der Waals surface area contributed by atoms with Crippen molar-refractivity contribution in [2.75, 3.05) is 16.6 Å². The Morgan fingerprint density at radius 1 is 1.05 bits per heavy atom. The lowest BCUT2D eigenvalue weighted by Crippen LogP contribution is -2.31. The molecule has 0 fully saturated rings. The highest BCUT2D eigenvalue weighted by molar-refractivity contribution is 7.92. The first-order valence-corrected chi connectivity index (χ1v) is 8.41. The van der Waals surface area contributed by atoms with Gasteiger partial charge in [-0.25, -0.2) is 8.42 Å². The first-order valence-electron chi connectivity index (χ1n) is 6.97. The molecule has 0 aromatic heterocycles. The number of hydrogen-bond acceptors (Lipinski definition) is 3. The van der Waals surface area contributed by atoms with Crippen molar-refractivity contribution in [1.29, 1.82) is 0 Å². The summed E-state index contributed by atoms with van der Waals surface area (Å²) in [4.78, 5) is 0.288. The van der Waals surface area contributed by atoms with Crippen LogP contribution in [0.3, 0.4) is 0 Å². The third-order valence-corrected chi connectivity index (χ3v) is 5.36. The van der Waals surface area contributed by atoms with Gasteiger partial charge in [0.2, 0.25) is 0 Å². The largest absolute Gasteiger partial charge is 0.399 e. The fourth-order valence-corrected chi connectivity index (χ4v) is 4.11. The molecule has 2 N–H and O–H groups in total. The van der Waals surface area contributed by atoms with Crippen molar-refractivity contribution >= 4 is 21.4 Å². The van der Waals surface area contributed by atoms with E-state index in [1.54, 1.807) is 30.3 Å². The van der Waals surface area contributed by atoms with Gasteiger partial charge in [-0.1, -0.05) is 31.2 Å². The Morgan fingerprint density at radius 3 is 2.29 bits per heavy atom. The number of nitrogens with two attached hydrogens (primary N) is 1. The molecule has 0 aliphatic carbocycles. The molecule has 21 heavy (non-hydrogen) atoms. The predicted octanol–water partition coefficient (Wildman–Crippen LogP) is 3.05. The summed E-state index contributed by atoms with van der Waals surface area (Å²) in [5.41, 5.74) is 7.66. The molecule has 0 bridgehead atoms. The maximum Gasteiger partial charge on any atom is 0.264 e. The van der Waals surface area contributed by atoms with Crippen LogP contribution < -0.4 is 10.0 Å². The molecule has 0 saturated carbocycles. The number of anilines is 2. The third-order valence-electron chi connectivity index (χ3n) is 3.37. The first kappa shape index (κ1) is 15.4. The minimum atomic E-state index is -3.62. The SMILES string of the molecule is CCc1ccc(N)cc1S(=O)(=O)N(CC)c1ccccc1. The minimum Gasteiger partial charge on any atom is -0.399 e. The van der Waals surface area contributed by atoms with E-state index >= 15 is 0 Å². The molecule has 0 aliphatic heterocycles. The maximum atomic E-state index is 13.0. The van der Waals surface area contributed by atoms with Crippen LogP contribution in [0.15, 0.2) is 53.4 Å². The first-order chi connectivity index (χ1) is 10.0. The molecule has 0 amide bonds. The van der Waals surface area contributed by atoms with Crippen molar-refractivity contribution in [2.45, 2.75) is 25.2 Å². The Bertz CT molecular complexity index is 712. The fraction of sp³-hybridized carbons (Fsp3) is 0.250. The number of aryl methyl sites for hydroxylation is 1. The van der Waals surface area contributed by atoms with Crippen LogP contribution in [0.1, 0.15) is 19.4 Å². The molecule has 0 atom stereocenters. The van der Waals surface area contributed by atoms with Crippen molar-refractivity contribution < 1.29 is 8.42 Å². The highest BCUT2D eigenvalue weighted by atomic mass is 32.2. The van der Waals surface area contributed by atoms with Crippen LogP contribution >= 0.6 is 0 Å². The predicted molar refractivity (Wildman–Crippen MR) is 86.9 cm³/mol. The van der Waals surface area contributed by atoms with Gasteiger partial charge in [-0.15, -0.1) is 0 Å². The monoisotopic (exact) mass is 304 g/mol. The molecule has 112 valence electrons. The molecule has 2 rings (SSSR count). The van der Waals surface area contributed by atoms with Gasteiger partial charge in [0, 0.05) is 12.2 Å². The molecule has 0 spiro atoms. The lowest BCUT2D eigenvalue weighted by atomic mass is 10.1. The number of sulfonamides is 1. The van der Waals surface area contributed by atoms with E-state index in [4.69, 9.17) is 5.73 Å². The summed E-state index contributed by atoms with van der Waals surface area (Å²) in [6, 6.07) is 14.2. The summed E-state index contributed by atoms with van der Waals surface area (Å²) in [7, 11) is -3.62. The molecular weight excluding hydrogens is 284 g/mol. The summed E-state index contributed by atoms with van der Waals surface area (Å²) < 4.78 is 27.3.